The molecule has 28 heavy (non-hydrogen) atoms. The first-order chi connectivity index (χ1) is 13.6. The van der Waals surface area contributed by atoms with Crippen LogP contribution in [0, 0.1) is 17.6 Å². The number of halogens is 2. The lowest BCUT2D eigenvalue weighted by atomic mass is 9.99. The second-order valence-corrected chi connectivity index (χ2v) is 6.68. The third-order valence-electron chi connectivity index (χ3n) is 4.77. The maximum Gasteiger partial charge on any atom is 0.226 e. The SMILES string of the molecule is O=C(NCc1ccc(F)cc1F)C1CN(c2cc(-c3ccccc3)ncn2)C1. The third-order valence-corrected chi connectivity index (χ3v) is 4.77. The van der Waals surface area contributed by atoms with Crippen molar-refractivity contribution in [3.63, 3.8) is 0 Å². The molecule has 0 saturated carbocycles. The lowest BCUT2D eigenvalue weighted by molar-refractivity contribution is -0.125. The summed E-state index contributed by atoms with van der Waals surface area (Å²) in [6, 6.07) is 15.0. The zero-order valence-corrected chi connectivity index (χ0v) is 15.0. The van der Waals surface area contributed by atoms with Gasteiger partial charge in [0.2, 0.25) is 5.91 Å². The standard InChI is InChI=1S/C21H18F2N4O/c22-17-7-6-15(18(23)8-17)10-24-21(28)16-11-27(12-16)20-9-19(25-13-26-20)14-4-2-1-3-5-14/h1-9,13,16H,10-12H2,(H,24,28). The summed E-state index contributed by atoms with van der Waals surface area (Å²) in [5.41, 5.74) is 2.09. The molecular formula is C21H18F2N4O. The molecule has 1 N–H and O–H groups in total. The minimum Gasteiger partial charge on any atom is -0.355 e. The topological polar surface area (TPSA) is 58.1 Å². The molecule has 7 heteroatoms. The van der Waals surface area contributed by atoms with E-state index in [1.165, 1.54) is 18.5 Å². The molecular weight excluding hydrogens is 362 g/mol. The number of rotatable bonds is 5. The number of nitrogens with zero attached hydrogens (tertiary/aromatic N) is 3. The van der Waals surface area contributed by atoms with E-state index in [1.807, 2.05) is 41.3 Å². The van der Waals surface area contributed by atoms with Crippen molar-refractivity contribution in [2.75, 3.05) is 18.0 Å². The van der Waals surface area contributed by atoms with Crippen molar-refractivity contribution in [1.29, 1.82) is 0 Å². The van der Waals surface area contributed by atoms with E-state index >= 15 is 0 Å². The van der Waals surface area contributed by atoms with Crippen LogP contribution in [-0.2, 0) is 11.3 Å². The van der Waals surface area contributed by atoms with Gasteiger partial charge >= 0.3 is 0 Å². The molecule has 0 unspecified atom stereocenters. The Morgan fingerprint density at radius 2 is 1.86 bits per heavy atom. The summed E-state index contributed by atoms with van der Waals surface area (Å²) < 4.78 is 26.6. The van der Waals surface area contributed by atoms with Crippen LogP contribution in [0.15, 0.2) is 60.9 Å². The molecule has 0 bridgehead atoms. The summed E-state index contributed by atoms with van der Waals surface area (Å²) in [6.07, 6.45) is 1.52. The highest BCUT2D eigenvalue weighted by molar-refractivity contribution is 5.82. The van der Waals surface area contributed by atoms with Crippen molar-refractivity contribution in [2.24, 2.45) is 5.92 Å². The van der Waals surface area contributed by atoms with Gasteiger partial charge in [-0.15, -0.1) is 0 Å². The fourth-order valence-corrected chi connectivity index (χ4v) is 3.11. The minimum absolute atomic E-state index is 0.0348. The van der Waals surface area contributed by atoms with Crippen LogP contribution < -0.4 is 10.2 Å². The summed E-state index contributed by atoms with van der Waals surface area (Å²) >= 11 is 0. The Bertz CT molecular complexity index is 991. The summed E-state index contributed by atoms with van der Waals surface area (Å²) in [6.45, 7) is 1.10. The van der Waals surface area contributed by atoms with Gasteiger partial charge in [0.25, 0.3) is 0 Å². The van der Waals surface area contributed by atoms with Crippen LogP contribution in [0.25, 0.3) is 11.3 Å². The molecule has 1 aliphatic rings. The van der Waals surface area contributed by atoms with Crippen molar-refractivity contribution in [3.8, 4) is 11.3 Å². The molecule has 1 saturated heterocycles. The molecule has 0 aliphatic carbocycles. The summed E-state index contributed by atoms with van der Waals surface area (Å²) in [5.74, 6) is -0.884. The highest BCUT2D eigenvalue weighted by atomic mass is 19.1. The largest absolute Gasteiger partial charge is 0.355 e. The monoisotopic (exact) mass is 380 g/mol. The van der Waals surface area contributed by atoms with Gasteiger partial charge in [-0.05, 0) is 6.07 Å². The highest BCUT2D eigenvalue weighted by Crippen LogP contribution is 2.26. The van der Waals surface area contributed by atoms with Crippen LogP contribution in [0.3, 0.4) is 0 Å². The fourth-order valence-electron chi connectivity index (χ4n) is 3.11. The molecule has 4 rings (SSSR count). The van der Waals surface area contributed by atoms with Crippen LogP contribution >= 0.6 is 0 Å². The van der Waals surface area contributed by atoms with Gasteiger partial charge < -0.3 is 10.2 Å². The molecule has 1 fully saturated rings. The number of carbonyl (C=O) groups is 1. The first-order valence-electron chi connectivity index (χ1n) is 8.94. The van der Waals surface area contributed by atoms with Crippen LogP contribution in [-0.4, -0.2) is 29.0 Å². The number of carbonyl (C=O) groups excluding carboxylic acids is 1. The Morgan fingerprint density at radius 3 is 2.61 bits per heavy atom. The molecule has 2 aromatic carbocycles. The second-order valence-electron chi connectivity index (χ2n) is 6.68. The molecule has 1 aromatic heterocycles. The molecule has 1 amide bonds. The molecule has 5 nitrogen and oxygen atoms in total. The number of hydrogen-bond donors (Lipinski definition) is 1. The Kier molecular flexibility index (Phi) is 4.97. The van der Waals surface area contributed by atoms with Gasteiger partial charge in [-0.1, -0.05) is 36.4 Å². The molecule has 0 radical (unpaired) electrons. The fraction of sp³-hybridized carbons (Fsp3) is 0.190. The van der Waals surface area contributed by atoms with Crippen molar-refractivity contribution < 1.29 is 13.6 Å². The lowest BCUT2D eigenvalue weighted by Crippen LogP contribution is -2.54. The van der Waals surface area contributed by atoms with Crippen LogP contribution in [0.2, 0.25) is 0 Å². The predicted molar refractivity (Wildman–Crippen MR) is 101 cm³/mol. The zero-order chi connectivity index (χ0) is 19.5. The number of aromatic nitrogens is 2. The maximum absolute atomic E-state index is 13.6. The number of benzene rings is 2. The Morgan fingerprint density at radius 1 is 1.07 bits per heavy atom. The smallest absolute Gasteiger partial charge is 0.226 e. The molecule has 1 aliphatic heterocycles. The van der Waals surface area contributed by atoms with E-state index in [0.717, 1.165) is 23.1 Å². The first-order valence-corrected chi connectivity index (χ1v) is 8.94. The van der Waals surface area contributed by atoms with Gasteiger partial charge in [-0.2, -0.15) is 0 Å². The van der Waals surface area contributed by atoms with Gasteiger partial charge in [0, 0.05) is 42.9 Å². The second kappa shape index (κ2) is 7.72. The number of nitrogens with one attached hydrogen (secondary N) is 1. The Labute approximate surface area is 161 Å². The average molecular weight is 380 g/mol. The van der Waals surface area contributed by atoms with Crippen LogP contribution in [0.4, 0.5) is 14.6 Å². The van der Waals surface area contributed by atoms with Crippen molar-refractivity contribution in [3.05, 3.63) is 78.1 Å². The Hall–Kier alpha value is -3.35. The van der Waals surface area contributed by atoms with E-state index in [1.54, 1.807) is 0 Å². The van der Waals surface area contributed by atoms with E-state index < -0.39 is 11.6 Å². The lowest BCUT2D eigenvalue weighted by Gasteiger charge is -2.39. The van der Waals surface area contributed by atoms with E-state index in [0.29, 0.717) is 13.1 Å². The van der Waals surface area contributed by atoms with Gasteiger partial charge in [-0.25, -0.2) is 18.7 Å². The van der Waals surface area contributed by atoms with Crippen molar-refractivity contribution >= 4 is 11.7 Å². The van der Waals surface area contributed by atoms with Crippen molar-refractivity contribution in [2.45, 2.75) is 6.54 Å². The quantitative estimate of drug-likeness (QED) is 0.739. The van der Waals surface area contributed by atoms with Crippen LogP contribution in [0.1, 0.15) is 5.56 Å². The predicted octanol–water partition coefficient (Wildman–Crippen LogP) is 3.17. The van der Waals surface area contributed by atoms with Crippen LogP contribution in [0.5, 0.6) is 0 Å². The van der Waals surface area contributed by atoms with E-state index in [4.69, 9.17) is 0 Å². The summed E-state index contributed by atoms with van der Waals surface area (Å²) in [7, 11) is 0. The number of hydrogen-bond acceptors (Lipinski definition) is 4. The van der Waals surface area contributed by atoms with E-state index in [9.17, 15) is 13.6 Å². The molecule has 142 valence electrons. The summed E-state index contributed by atoms with van der Waals surface area (Å²) in [4.78, 5) is 22.9. The van der Waals surface area contributed by atoms with Crippen molar-refractivity contribution in [1.82, 2.24) is 15.3 Å². The molecule has 0 spiro atoms. The maximum atomic E-state index is 13.6. The van der Waals surface area contributed by atoms with Gasteiger partial charge in [0.05, 0.1) is 11.6 Å². The summed E-state index contributed by atoms with van der Waals surface area (Å²) in [5, 5.41) is 2.71. The van der Waals surface area contributed by atoms with Gasteiger partial charge in [-0.3, -0.25) is 4.79 Å². The Balaban J connectivity index is 1.33. The first kappa shape index (κ1) is 18.0. The molecule has 3 aromatic rings. The van der Waals surface area contributed by atoms with E-state index in [2.05, 4.69) is 15.3 Å². The number of anilines is 1. The minimum atomic E-state index is -0.662. The highest BCUT2D eigenvalue weighted by Gasteiger charge is 2.33. The van der Waals surface area contributed by atoms with Gasteiger partial charge in [0.1, 0.15) is 23.8 Å². The average Bonchev–Trinajstić information content (AvgIpc) is 2.67. The van der Waals surface area contributed by atoms with Gasteiger partial charge in [0.15, 0.2) is 0 Å². The molecule has 0 atom stereocenters. The zero-order valence-electron chi connectivity index (χ0n) is 15.0. The molecule has 2 heterocycles. The third kappa shape index (κ3) is 3.83. The van der Waals surface area contributed by atoms with E-state index in [-0.39, 0.29) is 23.9 Å². The normalized spacial score (nSPS) is 13.9. The number of amides is 1.